The molecule has 18 heavy (non-hydrogen) atoms. The first-order chi connectivity index (χ1) is 8.56. The third kappa shape index (κ3) is 2.34. The van der Waals surface area contributed by atoms with Crippen LogP contribution in [0.5, 0.6) is 0 Å². The molecule has 0 atom stereocenters. The molecular formula is C12H18N2O2S2. The van der Waals surface area contributed by atoms with Gasteiger partial charge in [0.05, 0.1) is 0 Å². The fraction of sp³-hybridized carbons (Fsp3) is 0.667. The Bertz CT molecular complexity index is 542. The van der Waals surface area contributed by atoms with Crippen LogP contribution in [0.3, 0.4) is 0 Å². The summed E-state index contributed by atoms with van der Waals surface area (Å²) in [4.78, 5) is 0.902. The molecule has 3 N–H and O–H groups in total. The summed E-state index contributed by atoms with van der Waals surface area (Å²) in [5, 5.41) is 0. The Morgan fingerprint density at radius 2 is 2.11 bits per heavy atom. The second-order valence-electron chi connectivity index (χ2n) is 5.39. The summed E-state index contributed by atoms with van der Waals surface area (Å²) in [6.45, 7) is 1.00. The Balaban J connectivity index is 1.67. The third-order valence-corrected chi connectivity index (χ3v) is 7.05. The third-order valence-electron chi connectivity index (χ3n) is 4.05. The van der Waals surface area contributed by atoms with Crippen LogP contribution in [0.2, 0.25) is 0 Å². The van der Waals surface area contributed by atoms with E-state index in [-0.39, 0.29) is 0 Å². The molecule has 3 rings (SSSR count). The van der Waals surface area contributed by atoms with E-state index in [2.05, 4.69) is 4.72 Å². The second-order valence-corrected chi connectivity index (χ2v) is 8.55. The zero-order valence-electron chi connectivity index (χ0n) is 10.2. The number of nitrogens with two attached hydrogens (primary N) is 1. The smallest absolute Gasteiger partial charge is 0.250 e. The van der Waals surface area contributed by atoms with Gasteiger partial charge in [-0.05, 0) is 49.1 Å². The fourth-order valence-electron chi connectivity index (χ4n) is 2.51. The lowest BCUT2D eigenvalue weighted by molar-refractivity contribution is 0.432. The predicted octanol–water partition coefficient (Wildman–Crippen LogP) is 1.68. The van der Waals surface area contributed by atoms with Crippen molar-refractivity contribution in [3.05, 3.63) is 17.0 Å². The van der Waals surface area contributed by atoms with E-state index < -0.39 is 10.0 Å². The van der Waals surface area contributed by atoms with Crippen LogP contribution in [0, 0.1) is 11.3 Å². The highest BCUT2D eigenvalue weighted by Crippen LogP contribution is 2.60. The molecule has 0 unspecified atom stereocenters. The van der Waals surface area contributed by atoms with Crippen molar-refractivity contribution in [3.8, 4) is 0 Å². The molecule has 1 aromatic heterocycles. The minimum atomic E-state index is -3.34. The summed E-state index contributed by atoms with van der Waals surface area (Å²) >= 11 is 1.26. The first kappa shape index (κ1) is 12.6. The summed E-state index contributed by atoms with van der Waals surface area (Å²) < 4.78 is 27.4. The summed E-state index contributed by atoms with van der Waals surface area (Å²) in [5.74, 6) is 0.767. The van der Waals surface area contributed by atoms with Gasteiger partial charge in [0, 0.05) is 18.0 Å². The molecule has 6 heteroatoms. The molecule has 0 amide bonds. The predicted molar refractivity (Wildman–Crippen MR) is 71.8 cm³/mol. The van der Waals surface area contributed by atoms with Crippen LogP contribution in [0.4, 0.5) is 0 Å². The standard InChI is InChI=1S/C12H18N2O2S2/c13-7-10-3-4-11(17-10)18(15,16)14-8-12(5-6-12)9-1-2-9/h3-4,9,14H,1-2,5-8,13H2. The minimum Gasteiger partial charge on any atom is -0.326 e. The molecule has 1 aromatic rings. The summed E-state index contributed by atoms with van der Waals surface area (Å²) in [6, 6.07) is 3.43. The molecule has 0 spiro atoms. The van der Waals surface area contributed by atoms with Gasteiger partial charge in [-0.1, -0.05) is 0 Å². The monoisotopic (exact) mass is 286 g/mol. The quantitative estimate of drug-likeness (QED) is 0.835. The highest BCUT2D eigenvalue weighted by atomic mass is 32.2. The largest absolute Gasteiger partial charge is 0.326 e. The van der Waals surface area contributed by atoms with Crippen molar-refractivity contribution in [2.75, 3.05) is 6.54 Å². The van der Waals surface area contributed by atoms with Crippen molar-refractivity contribution < 1.29 is 8.42 Å². The van der Waals surface area contributed by atoms with Crippen LogP contribution < -0.4 is 10.5 Å². The Morgan fingerprint density at radius 1 is 1.39 bits per heavy atom. The molecule has 2 aliphatic rings. The Labute approximate surface area is 112 Å². The Hall–Kier alpha value is -0.430. The molecule has 0 aliphatic heterocycles. The maximum atomic E-state index is 12.1. The summed E-state index contributed by atoms with van der Waals surface area (Å²) in [7, 11) is -3.34. The van der Waals surface area contributed by atoms with E-state index in [1.54, 1.807) is 12.1 Å². The summed E-state index contributed by atoms with van der Waals surface area (Å²) in [5.41, 5.74) is 5.80. The molecule has 0 radical (unpaired) electrons. The molecule has 0 saturated heterocycles. The molecular weight excluding hydrogens is 268 g/mol. The van der Waals surface area contributed by atoms with E-state index in [0.29, 0.717) is 22.7 Å². The van der Waals surface area contributed by atoms with Gasteiger partial charge in [0.15, 0.2) is 0 Å². The van der Waals surface area contributed by atoms with Crippen molar-refractivity contribution in [2.24, 2.45) is 17.1 Å². The highest BCUT2D eigenvalue weighted by Gasteiger charge is 2.53. The molecule has 0 bridgehead atoms. The lowest BCUT2D eigenvalue weighted by atomic mass is 10.0. The van der Waals surface area contributed by atoms with Crippen LogP contribution in [0.15, 0.2) is 16.3 Å². The molecule has 0 aromatic carbocycles. The minimum absolute atomic E-state index is 0.293. The fourth-order valence-corrected chi connectivity index (χ4v) is 4.93. The van der Waals surface area contributed by atoms with Crippen LogP contribution in [0.1, 0.15) is 30.6 Å². The molecule has 2 aliphatic carbocycles. The van der Waals surface area contributed by atoms with E-state index >= 15 is 0 Å². The number of rotatable bonds is 6. The lowest BCUT2D eigenvalue weighted by Gasteiger charge is -2.14. The van der Waals surface area contributed by atoms with Gasteiger partial charge in [-0.25, -0.2) is 13.1 Å². The number of thiophene rings is 1. The van der Waals surface area contributed by atoms with Crippen LogP contribution in [-0.4, -0.2) is 15.0 Å². The van der Waals surface area contributed by atoms with Gasteiger partial charge in [0.2, 0.25) is 10.0 Å². The normalized spacial score (nSPS) is 22.1. The van der Waals surface area contributed by atoms with Crippen molar-refractivity contribution in [1.82, 2.24) is 4.72 Å². The zero-order chi connectivity index (χ0) is 12.8. The van der Waals surface area contributed by atoms with Gasteiger partial charge in [0.1, 0.15) is 4.21 Å². The van der Waals surface area contributed by atoms with Crippen LogP contribution in [0.25, 0.3) is 0 Å². The van der Waals surface area contributed by atoms with Crippen molar-refractivity contribution in [1.29, 1.82) is 0 Å². The molecule has 100 valence electrons. The topological polar surface area (TPSA) is 72.2 Å². The molecule has 2 fully saturated rings. The van der Waals surface area contributed by atoms with Gasteiger partial charge in [-0.2, -0.15) is 0 Å². The maximum absolute atomic E-state index is 12.1. The van der Waals surface area contributed by atoms with Gasteiger partial charge >= 0.3 is 0 Å². The van der Waals surface area contributed by atoms with E-state index in [4.69, 9.17) is 5.73 Å². The Morgan fingerprint density at radius 3 is 2.61 bits per heavy atom. The van der Waals surface area contributed by atoms with Crippen LogP contribution >= 0.6 is 11.3 Å². The maximum Gasteiger partial charge on any atom is 0.250 e. The SMILES string of the molecule is NCc1ccc(S(=O)(=O)NCC2(C3CC3)CC2)s1. The first-order valence-corrected chi connectivity index (χ1v) is 8.64. The van der Waals surface area contributed by atoms with E-state index in [1.165, 1.54) is 37.0 Å². The van der Waals surface area contributed by atoms with Gasteiger partial charge in [-0.3, -0.25) is 0 Å². The highest BCUT2D eigenvalue weighted by molar-refractivity contribution is 7.91. The van der Waals surface area contributed by atoms with Crippen molar-refractivity contribution in [3.63, 3.8) is 0 Å². The second kappa shape index (κ2) is 4.30. The average molecular weight is 286 g/mol. The first-order valence-electron chi connectivity index (χ1n) is 6.34. The zero-order valence-corrected chi connectivity index (χ0v) is 11.8. The molecule has 2 saturated carbocycles. The van der Waals surface area contributed by atoms with E-state index in [9.17, 15) is 8.42 Å². The van der Waals surface area contributed by atoms with Gasteiger partial charge in [-0.15, -0.1) is 11.3 Å². The molecule has 1 heterocycles. The molecule has 4 nitrogen and oxygen atoms in total. The number of hydrogen-bond acceptors (Lipinski definition) is 4. The van der Waals surface area contributed by atoms with Crippen molar-refractivity contribution >= 4 is 21.4 Å². The number of sulfonamides is 1. The summed E-state index contributed by atoms with van der Waals surface area (Å²) in [6.07, 6.45) is 4.91. The van der Waals surface area contributed by atoms with E-state index in [1.807, 2.05) is 0 Å². The van der Waals surface area contributed by atoms with Gasteiger partial charge in [0.25, 0.3) is 0 Å². The van der Waals surface area contributed by atoms with Crippen LogP contribution in [-0.2, 0) is 16.6 Å². The Kier molecular flexibility index (Phi) is 3.01. The average Bonchev–Trinajstić information content (AvgIpc) is 3.24. The number of nitrogens with one attached hydrogen (secondary N) is 1. The van der Waals surface area contributed by atoms with Crippen molar-refractivity contribution in [2.45, 2.75) is 36.4 Å². The van der Waals surface area contributed by atoms with E-state index in [0.717, 1.165) is 10.8 Å². The van der Waals surface area contributed by atoms with Gasteiger partial charge < -0.3 is 5.73 Å². The number of hydrogen-bond donors (Lipinski definition) is 2. The lowest BCUT2D eigenvalue weighted by Crippen LogP contribution is -2.30.